The van der Waals surface area contributed by atoms with Crippen LogP contribution in [0.4, 0.5) is 11.6 Å². The molecule has 0 saturated heterocycles. The van der Waals surface area contributed by atoms with Gasteiger partial charge in [0.25, 0.3) is 0 Å². The number of carbonyl (C=O) groups is 2. The highest BCUT2D eigenvalue weighted by Crippen LogP contribution is 2.50. The maximum atomic E-state index is 13.8. The van der Waals surface area contributed by atoms with Crippen LogP contribution in [0.5, 0.6) is 17.2 Å². The second-order valence-electron chi connectivity index (χ2n) is 12.0. The number of H-pyrrole nitrogens is 1. The molecule has 4 N–H and O–H groups in total. The summed E-state index contributed by atoms with van der Waals surface area (Å²) in [6.07, 6.45) is 2.53. The number of ether oxygens (including phenoxy) is 3. The van der Waals surface area contributed by atoms with Gasteiger partial charge < -0.3 is 24.8 Å². The molecule has 1 aromatic heterocycles. The monoisotopic (exact) mass is 654 g/mol. The van der Waals surface area contributed by atoms with E-state index in [0.29, 0.717) is 53.5 Å². The third kappa shape index (κ3) is 7.43. The van der Waals surface area contributed by atoms with Crippen molar-refractivity contribution in [2.24, 2.45) is 5.92 Å². The molecule has 252 valence electrons. The Morgan fingerprint density at radius 3 is 2.40 bits per heavy atom. The van der Waals surface area contributed by atoms with E-state index in [1.54, 1.807) is 20.3 Å². The number of aromatic amines is 1. The second-order valence-corrected chi connectivity index (χ2v) is 12.0. The molecule has 12 heteroatoms. The summed E-state index contributed by atoms with van der Waals surface area (Å²) >= 11 is 0. The smallest absolute Gasteiger partial charge is 0.249 e. The number of fused-ring (bicyclic) bond motifs is 3. The molecule has 0 saturated carbocycles. The lowest BCUT2D eigenvalue weighted by Crippen LogP contribution is -2.40. The van der Waals surface area contributed by atoms with E-state index in [2.05, 4.69) is 31.1 Å². The largest absolute Gasteiger partial charge is 0.493 e. The normalized spacial score (nSPS) is 14.2. The number of aryl methyl sites for hydroxylation is 3. The zero-order valence-electron chi connectivity index (χ0n) is 28.1. The molecule has 0 aliphatic heterocycles. The van der Waals surface area contributed by atoms with Gasteiger partial charge in [-0.05, 0) is 65.6 Å². The van der Waals surface area contributed by atoms with Crippen molar-refractivity contribution in [2.45, 2.75) is 58.5 Å². The Hall–Kier alpha value is -5.39. The van der Waals surface area contributed by atoms with Crippen LogP contribution in [0.25, 0.3) is 11.1 Å². The summed E-state index contributed by atoms with van der Waals surface area (Å²) in [6, 6.07) is 15.7. The zero-order chi connectivity index (χ0) is 34.4. The molecule has 2 atom stereocenters. The molecule has 12 nitrogen and oxygen atoms in total. The minimum atomic E-state index is -0.788. The van der Waals surface area contributed by atoms with Gasteiger partial charge >= 0.3 is 0 Å². The van der Waals surface area contributed by atoms with E-state index < -0.39 is 12.1 Å². The fourth-order valence-corrected chi connectivity index (χ4v) is 6.09. The highest BCUT2D eigenvalue weighted by molar-refractivity contribution is 5.95. The van der Waals surface area contributed by atoms with Gasteiger partial charge in [-0.25, -0.2) is 0 Å². The summed E-state index contributed by atoms with van der Waals surface area (Å²) < 4.78 is 17.1. The maximum Gasteiger partial charge on any atom is 0.249 e. The molecule has 3 aromatic carbocycles. The van der Waals surface area contributed by atoms with Gasteiger partial charge in [0.05, 0.1) is 33.1 Å². The molecule has 2 amide bonds. The van der Waals surface area contributed by atoms with Crippen LogP contribution in [0.2, 0.25) is 0 Å². The van der Waals surface area contributed by atoms with Crippen molar-refractivity contribution >= 4 is 23.5 Å². The highest BCUT2D eigenvalue weighted by atomic mass is 16.5. The Balaban J connectivity index is 1.47. The summed E-state index contributed by atoms with van der Waals surface area (Å²) in [5, 5.41) is 16.0. The van der Waals surface area contributed by atoms with Crippen LogP contribution in [0.1, 0.15) is 55.7 Å². The number of aromatic nitrogens is 3. The molecule has 1 heterocycles. The first-order valence-electron chi connectivity index (χ1n) is 15.9. The third-order valence-corrected chi connectivity index (χ3v) is 8.44. The Morgan fingerprint density at radius 2 is 1.73 bits per heavy atom. The van der Waals surface area contributed by atoms with E-state index >= 15 is 0 Å². The molecule has 48 heavy (non-hydrogen) atoms. The summed E-state index contributed by atoms with van der Waals surface area (Å²) in [7, 11) is 4.65. The molecule has 0 fully saturated rings. The number of benzene rings is 2. The van der Waals surface area contributed by atoms with Crippen molar-refractivity contribution in [3.8, 4) is 28.4 Å². The van der Waals surface area contributed by atoms with Gasteiger partial charge in [0.2, 0.25) is 28.9 Å². The second kappa shape index (κ2) is 15.0. The number of nitrogens with zero attached hydrogens (tertiary/aromatic N) is 2. The molecule has 0 radical (unpaired) electrons. The topological polar surface area (TPSA) is 157 Å². The van der Waals surface area contributed by atoms with Crippen LogP contribution in [-0.2, 0) is 28.9 Å². The van der Waals surface area contributed by atoms with E-state index in [1.807, 2.05) is 56.3 Å². The van der Waals surface area contributed by atoms with Crippen LogP contribution in [-0.4, -0.2) is 54.4 Å². The molecular formula is C36H42N6O6. The summed E-state index contributed by atoms with van der Waals surface area (Å²) in [6.45, 7) is 5.22. The average molecular weight is 655 g/mol. The Labute approximate surface area is 279 Å². The van der Waals surface area contributed by atoms with Gasteiger partial charge in [-0.3, -0.25) is 24.8 Å². The van der Waals surface area contributed by atoms with Crippen molar-refractivity contribution in [3.63, 3.8) is 0 Å². The number of methoxy groups -OCH3 is 3. The molecule has 0 bridgehead atoms. The van der Waals surface area contributed by atoms with Crippen molar-refractivity contribution in [3.05, 3.63) is 87.3 Å². The number of hydrogen-bond acceptors (Lipinski definition) is 9. The van der Waals surface area contributed by atoms with E-state index in [4.69, 9.17) is 14.2 Å². The number of hydrogen-bond donors (Lipinski definition) is 4. The SMILES string of the molecule is COc1cc2c(c(OC)c1OC)-c1ccc(N[C@@H](C(=O)Nc3n[nH]c(CCc4ccccc4)n3)C(C)C)c(=O)cc1[C@H](NC(C)=O)CC2. The first-order chi connectivity index (χ1) is 23.1. The van der Waals surface area contributed by atoms with E-state index in [0.717, 1.165) is 17.5 Å². The van der Waals surface area contributed by atoms with Crippen molar-refractivity contribution < 1.29 is 23.8 Å². The predicted molar refractivity (Wildman–Crippen MR) is 184 cm³/mol. The number of nitrogens with one attached hydrogen (secondary N) is 4. The number of rotatable bonds is 12. The van der Waals surface area contributed by atoms with Gasteiger partial charge in [-0.1, -0.05) is 50.2 Å². The van der Waals surface area contributed by atoms with E-state index in [9.17, 15) is 14.4 Å². The van der Waals surface area contributed by atoms with E-state index in [1.165, 1.54) is 25.7 Å². The standard InChI is InChI=1S/C36H42N6O6/c1-20(2)32(35(45)40-36-39-30(41-42-36)17-12-22-10-8-7-9-11-22)38-27-16-14-24-25(19-28(27)44)26(37-21(3)43)15-13-23-18-29(46-4)33(47-5)34(48-6)31(23)24/h7-11,14,16,18-20,26,32H,12-13,15,17H2,1-6H3,(H,37,43)(H,38,44)(H2,39,40,41,42,45)/t26-,32-/m1/s1. The Bertz CT molecular complexity index is 1840. The molecule has 0 unspecified atom stereocenters. The van der Waals surface area contributed by atoms with Crippen LogP contribution in [0.3, 0.4) is 0 Å². The van der Waals surface area contributed by atoms with Crippen molar-refractivity contribution in [2.75, 3.05) is 32.0 Å². The fourth-order valence-electron chi connectivity index (χ4n) is 6.09. The first-order valence-corrected chi connectivity index (χ1v) is 15.9. The van der Waals surface area contributed by atoms with Crippen LogP contribution < -0.4 is 35.6 Å². The van der Waals surface area contributed by atoms with E-state index in [-0.39, 0.29) is 34.8 Å². The minimum absolute atomic E-state index is 0.161. The summed E-state index contributed by atoms with van der Waals surface area (Å²) in [4.78, 5) is 44.1. The number of anilines is 2. The van der Waals surface area contributed by atoms with Gasteiger partial charge in [-0.2, -0.15) is 4.98 Å². The number of amides is 2. The minimum Gasteiger partial charge on any atom is -0.493 e. The molecular weight excluding hydrogens is 612 g/mol. The number of carbonyl (C=O) groups excluding carboxylic acids is 2. The maximum absolute atomic E-state index is 13.8. The zero-order valence-corrected chi connectivity index (χ0v) is 28.1. The lowest BCUT2D eigenvalue weighted by Gasteiger charge is -2.21. The van der Waals surface area contributed by atoms with Gasteiger partial charge in [0, 0.05) is 18.9 Å². The fraction of sp³-hybridized carbons (Fsp3) is 0.361. The average Bonchev–Trinajstić information content (AvgIpc) is 3.39. The molecule has 1 aliphatic rings. The van der Waals surface area contributed by atoms with Crippen LogP contribution in [0.15, 0.2) is 59.4 Å². The predicted octanol–water partition coefficient (Wildman–Crippen LogP) is 4.84. The first kappa shape index (κ1) is 34.0. The van der Waals surface area contributed by atoms with Gasteiger partial charge in [-0.15, -0.1) is 5.10 Å². The van der Waals surface area contributed by atoms with Crippen LogP contribution >= 0.6 is 0 Å². The Kier molecular flexibility index (Phi) is 10.6. The third-order valence-electron chi connectivity index (χ3n) is 8.44. The highest BCUT2D eigenvalue weighted by Gasteiger charge is 2.30. The quantitative estimate of drug-likeness (QED) is 0.168. The lowest BCUT2D eigenvalue weighted by atomic mass is 9.95. The Morgan fingerprint density at radius 1 is 0.979 bits per heavy atom. The summed E-state index contributed by atoms with van der Waals surface area (Å²) in [5.74, 6) is 1.40. The molecule has 0 spiro atoms. The van der Waals surface area contributed by atoms with Gasteiger partial charge in [0.15, 0.2) is 11.5 Å². The van der Waals surface area contributed by atoms with Crippen molar-refractivity contribution in [1.29, 1.82) is 0 Å². The molecule has 5 rings (SSSR count). The van der Waals surface area contributed by atoms with Crippen molar-refractivity contribution in [1.82, 2.24) is 20.5 Å². The van der Waals surface area contributed by atoms with Gasteiger partial charge in [0.1, 0.15) is 11.9 Å². The summed E-state index contributed by atoms with van der Waals surface area (Å²) in [5.41, 5.74) is 4.04. The molecule has 4 aromatic rings. The molecule has 1 aliphatic carbocycles. The lowest BCUT2D eigenvalue weighted by molar-refractivity contribution is -0.120. The van der Waals surface area contributed by atoms with Crippen LogP contribution in [0, 0.1) is 5.92 Å².